The summed E-state index contributed by atoms with van der Waals surface area (Å²) in [6.07, 6.45) is 6.47. The van der Waals surface area contributed by atoms with Crippen molar-refractivity contribution >= 4 is 23.1 Å². The van der Waals surface area contributed by atoms with Crippen LogP contribution in [0.2, 0.25) is 0 Å². The van der Waals surface area contributed by atoms with Gasteiger partial charge in [-0.2, -0.15) is 5.10 Å². The fourth-order valence-corrected chi connectivity index (χ4v) is 2.71. The number of hydrogen-bond acceptors (Lipinski definition) is 6. The van der Waals surface area contributed by atoms with Crippen LogP contribution in [0.1, 0.15) is 26.7 Å². The Kier molecular flexibility index (Phi) is 4.39. The number of nitro groups is 1. The van der Waals surface area contributed by atoms with Crippen LogP contribution in [0.25, 0.3) is 0 Å². The highest BCUT2D eigenvalue weighted by atomic mass is 16.6. The molecule has 1 amide bonds. The fourth-order valence-electron chi connectivity index (χ4n) is 2.71. The third kappa shape index (κ3) is 3.44. The molecule has 0 aromatic carbocycles. The van der Waals surface area contributed by atoms with Crippen molar-refractivity contribution in [3.05, 3.63) is 40.8 Å². The van der Waals surface area contributed by atoms with Gasteiger partial charge in [0.15, 0.2) is 0 Å². The minimum atomic E-state index is -1.09. The lowest BCUT2D eigenvalue weighted by molar-refractivity contribution is -0.385. The molecule has 1 aliphatic rings. The zero-order valence-electron chi connectivity index (χ0n) is 14.2. The summed E-state index contributed by atoms with van der Waals surface area (Å²) in [5.41, 5.74) is -0.213. The van der Waals surface area contributed by atoms with Crippen molar-refractivity contribution in [3.8, 4) is 0 Å². The number of carbonyl (C=O) groups is 1. The molecule has 1 fully saturated rings. The van der Waals surface area contributed by atoms with Crippen LogP contribution >= 0.6 is 0 Å². The van der Waals surface area contributed by atoms with Crippen LogP contribution in [-0.4, -0.2) is 38.7 Å². The van der Waals surface area contributed by atoms with Crippen molar-refractivity contribution in [2.24, 2.45) is 0 Å². The van der Waals surface area contributed by atoms with E-state index in [1.807, 2.05) is 6.07 Å². The molecule has 2 aromatic heterocycles. The second kappa shape index (κ2) is 6.50. The van der Waals surface area contributed by atoms with Gasteiger partial charge in [-0.3, -0.25) is 19.6 Å². The average Bonchev–Trinajstić information content (AvgIpc) is 3.27. The SMILES string of the molecule is CC(C)(C(=O)Nc1ccc(N2CCCC2)cn1)n1cc([N+](=O)[O-])cn1. The lowest BCUT2D eigenvalue weighted by Gasteiger charge is -2.23. The fraction of sp³-hybridized carbons (Fsp3) is 0.438. The number of hydrogen-bond donors (Lipinski definition) is 1. The van der Waals surface area contributed by atoms with E-state index in [1.165, 1.54) is 23.7 Å². The van der Waals surface area contributed by atoms with Crippen LogP contribution in [0.4, 0.5) is 17.2 Å². The summed E-state index contributed by atoms with van der Waals surface area (Å²) in [7, 11) is 0. The van der Waals surface area contributed by atoms with Crippen LogP contribution in [0.3, 0.4) is 0 Å². The molecule has 0 spiro atoms. The molecule has 0 radical (unpaired) electrons. The predicted molar refractivity (Wildman–Crippen MR) is 92.5 cm³/mol. The first-order valence-corrected chi connectivity index (χ1v) is 8.10. The van der Waals surface area contributed by atoms with E-state index < -0.39 is 10.5 Å². The van der Waals surface area contributed by atoms with Gasteiger partial charge in [0.2, 0.25) is 0 Å². The van der Waals surface area contributed by atoms with Crippen LogP contribution in [0.15, 0.2) is 30.7 Å². The molecule has 3 heterocycles. The first kappa shape index (κ1) is 16.9. The number of pyridine rings is 1. The standard InChI is InChI=1S/C16H20N6O3/c1-16(2,21-11-13(10-18-21)22(24)25)15(23)19-14-6-5-12(9-17-14)20-7-3-4-8-20/h5-6,9-11H,3-4,7-8H2,1-2H3,(H,17,19,23). The van der Waals surface area contributed by atoms with E-state index in [0.29, 0.717) is 5.82 Å². The normalized spacial score (nSPS) is 14.6. The molecule has 1 saturated heterocycles. The molecular formula is C16H20N6O3. The van der Waals surface area contributed by atoms with Gasteiger partial charge in [0.05, 0.1) is 16.8 Å². The lowest BCUT2D eigenvalue weighted by atomic mass is 10.1. The molecule has 9 nitrogen and oxygen atoms in total. The van der Waals surface area contributed by atoms with E-state index in [1.54, 1.807) is 26.1 Å². The maximum Gasteiger partial charge on any atom is 0.307 e. The van der Waals surface area contributed by atoms with Gasteiger partial charge in [0.1, 0.15) is 23.8 Å². The molecule has 2 aromatic rings. The van der Waals surface area contributed by atoms with Gasteiger partial charge in [-0.05, 0) is 38.8 Å². The summed E-state index contributed by atoms with van der Waals surface area (Å²) in [6.45, 7) is 5.33. The van der Waals surface area contributed by atoms with Gasteiger partial charge in [0, 0.05) is 13.1 Å². The minimum Gasteiger partial charge on any atom is -0.370 e. The Hall–Kier alpha value is -2.97. The maximum atomic E-state index is 12.6. The molecule has 25 heavy (non-hydrogen) atoms. The van der Waals surface area contributed by atoms with Crippen molar-refractivity contribution < 1.29 is 9.72 Å². The third-order valence-corrected chi connectivity index (χ3v) is 4.37. The Labute approximate surface area is 144 Å². The zero-order valence-corrected chi connectivity index (χ0v) is 14.2. The Balaban J connectivity index is 1.70. The number of anilines is 2. The third-order valence-electron chi connectivity index (χ3n) is 4.37. The lowest BCUT2D eigenvalue weighted by Crippen LogP contribution is -2.40. The smallest absolute Gasteiger partial charge is 0.307 e. The monoisotopic (exact) mass is 344 g/mol. The van der Waals surface area contributed by atoms with E-state index in [4.69, 9.17) is 0 Å². The average molecular weight is 344 g/mol. The van der Waals surface area contributed by atoms with Crippen LogP contribution in [-0.2, 0) is 10.3 Å². The van der Waals surface area contributed by atoms with Crippen LogP contribution < -0.4 is 10.2 Å². The molecule has 1 aliphatic heterocycles. The summed E-state index contributed by atoms with van der Waals surface area (Å²) in [6, 6.07) is 3.69. The number of nitrogens with zero attached hydrogens (tertiary/aromatic N) is 5. The molecule has 0 aliphatic carbocycles. The molecular weight excluding hydrogens is 324 g/mol. The molecule has 3 rings (SSSR count). The van der Waals surface area contributed by atoms with E-state index in [2.05, 4.69) is 20.3 Å². The Morgan fingerprint density at radius 2 is 2.00 bits per heavy atom. The zero-order chi connectivity index (χ0) is 18.0. The van der Waals surface area contributed by atoms with Gasteiger partial charge < -0.3 is 10.2 Å². The molecule has 0 bridgehead atoms. The van der Waals surface area contributed by atoms with E-state index in [0.717, 1.165) is 25.0 Å². The molecule has 0 saturated carbocycles. The highest BCUT2D eigenvalue weighted by molar-refractivity contribution is 5.95. The highest BCUT2D eigenvalue weighted by Gasteiger charge is 2.32. The number of aromatic nitrogens is 3. The second-order valence-electron chi connectivity index (χ2n) is 6.51. The Morgan fingerprint density at radius 3 is 2.56 bits per heavy atom. The quantitative estimate of drug-likeness (QED) is 0.658. The first-order chi connectivity index (χ1) is 11.9. The van der Waals surface area contributed by atoms with Gasteiger partial charge in [-0.1, -0.05) is 0 Å². The van der Waals surface area contributed by atoms with E-state index in [-0.39, 0.29) is 11.6 Å². The number of amides is 1. The minimum absolute atomic E-state index is 0.158. The van der Waals surface area contributed by atoms with Crippen LogP contribution in [0.5, 0.6) is 0 Å². The van der Waals surface area contributed by atoms with Crippen molar-refractivity contribution in [2.75, 3.05) is 23.3 Å². The topological polar surface area (TPSA) is 106 Å². The molecule has 0 unspecified atom stereocenters. The van der Waals surface area contributed by atoms with E-state index >= 15 is 0 Å². The number of nitrogens with one attached hydrogen (secondary N) is 1. The van der Waals surface area contributed by atoms with Crippen LogP contribution in [0, 0.1) is 10.1 Å². The number of rotatable bonds is 5. The second-order valence-corrected chi connectivity index (χ2v) is 6.51. The van der Waals surface area contributed by atoms with Crippen molar-refractivity contribution in [1.82, 2.24) is 14.8 Å². The van der Waals surface area contributed by atoms with Crippen molar-refractivity contribution in [1.29, 1.82) is 0 Å². The highest BCUT2D eigenvalue weighted by Crippen LogP contribution is 2.22. The first-order valence-electron chi connectivity index (χ1n) is 8.10. The molecule has 1 N–H and O–H groups in total. The Bertz CT molecular complexity index is 777. The van der Waals surface area contributed by atoms with Crippen molar-refractivity contribution in [3.63, 3.8) is 0 Å². The molecule has 9 heteroatoms. The summed E-state index contributed by atoms with van der Waals surface area (Å²) in [5, 5.41) is 17.4. The van der Waals surface area contributed by atoms with Gasteiger partial charge in [-0.15, -0.1) is 0 Å². The van der Waals surface area contributed by atoms with Gasteiger partial charge >= 0.3 is 5.69 Å². The Morgan fingerprint density at radius 1 is 1.28 bits per heavy atom. The molecule has 0 atom stereocenters. The maximum absolute atomic E-state index is 12.6. The molecule has 132 valence electrons. The summed E-state index contributed by atoms with van der Waals surface area (Å²) in [5.74, 6) is 0.0783. The summed E-state index contributed by atoms with van der Waals surface area (Å²) in [4.78, 5) is 29.3. The van der Waals surface area contributed by atoms with E-state index in [9.17, 15) is 14.9 Å². The number of carbonyl (C=O) groups excluding carboxylic acids is 1. The summed E-state index contributed by atoms with van der Waals surface area (Å²) >= 11 is 0. The largest absolute Gasteiger partial charge is 0.370 e. The summed E-state index contributed by atoms with van der Waals surface area (Å²) < 4.78 is 1.28. The van der Waals surface area contributed by atoms with Gasteiger partial charge in [0.25, 0.3) is 5.91 Å². The predicted octanol–water partition coefficient (Wildman–Crippen LogP) is 2.16. The van der Waals surface area contributed by atoms with Crippen molar-refractivity contribution in [2.45, 2.75) is 32.2 Å². The van der Waals surface area contributed by atoms with Gasteiger partial charge in [-0.25, -0.2) is 4.98 Å².